The molecule has 0 radical (unpaired) electrons. The zero-order valence-electron chi connectivity index (χ0n) is 14.1. The van der Waals surface area contributed by atoms with Gasteiger partial charge in [0.15, 0.2) is 5.60 Å². The second-order valence-corrected chi connectivity index (χ2v) is 6.87. The second-order valence-electron chi connectivity index (χ2n) is 6.47. The number of rotatable bonds is 4. The molecule has 1 aromatic carbocycles. The van der Waals surface area contributed by atoms with Gasteiger partial charge in [-0.05, 0) is 18.2 Å². The molecule has 0 spiro atoms. The first-order valence-electron chi connectivity index (χ1n) is 7.99. The summed E-state index contributed by atoms with van der Waals surface area (Å²) in [4.78, 5) is 37.0. The number of aliphatic hydroxyl groups is 1. The summed E-state index contributed by atoms with van der Waals surface area (Å²) >= 11 is 6.11. The van der Waals surface area contributed by atoms with Gasteiger partial charge in [0.1, 0.15) is 0 Å². The minimum absolute atomic E-state index is 0.0462. The van der Waals surface area contributed by atoms with Gasteiger partial charge in [-0.15, -0.1) is 0 Å². The molecular weight excluding hydrogens is 348 g/mol. The first kappa shape index (κ1) is 19.2. The maximum atomic E-state index is 12.7. The third-order valence-electron chi connectivity index (χ3n) is 4.26. The van der Waals surface area contributed by atoms with Crippen molar-refractivity contribution < 1.29 is 24.6 Å². The maximum absolute atomic E-state index is 12.7. The van der Waals surface area contributed by atoms with E-state index >= 15 is 0 Å². The summed E-state index contributed by atoms with van der Waals surface area (Å²) in [7, 11) is 0. The van der Waals surface area contributed by atoms with Crippen LogP contribution >= 0.6 is 11.6 Å². The molecule has 0 unspecified atom stereocenters. The number of carboxylic acid groups (broad SMARTS) is 1. The lowest BCUT2D eigenvalue weighted by atomic mass is 9.91. The zero-order chi connectivity index (χ0) is 18.8. The monoisotopic (exact) mass is 368 g/mol. The summed E-state index contributed by atoms with van der Waals surface area (Å²) in [6.07, 6.45) is -0.0923. The standard InChI is InChI=1S/C17H21ClN2O5/c1-10(2)14(21)19-11-3-4-13(18)12(9-11)15(22)20-7-5-17(25,6-8-20)16(23)24/h3-4,9-10,25H,5-8H2,1-2H3,(H,19,21)(H,23,24). The van der Waals surface area contributed by atoms with E-state index in [9.17, 15) is 19.5 Å². The maximum Gasteiger partial charge on any atom is 0.335 e. The van der Waals surface area contributed by atoms with Crippen LogP contribution < -0.4 is 5.32 Å². The van der Waals surface area contributed by atoms with Gasteiger partial charge in [-0.1, -0.05) is 25.4 Å². The molecule has 8 heteroatoms. The SMILES string of the molecule is CC(C)C(=O)Nc1ccc(Cl)c(C(=O)N2CCC(O)(C(=O)O)CC2)c1. The van der Waals surface area contributed by atoms with Crippen LogP contribution in [0.1, 0.15) is 37.0 Å². The summed E-state index contributed by atoms with van der Waals surface area (Å²) in [6, 6.07) is 4.64. The Bertz CT molecular complexity index is 696. The van der Waals surface area contributed by atoms with Crippen molar-refractivity contribution in [2.75, 3.05) is 18.4 Å². The van der Waals surface area contributed by atoms with Crippen molar-refractivity contribution in [1.29, 1.82) is 0 Å². The molecule has 1 heterocycles. The van der Waals surface area contributed by atoms with Gasteiger partial charge in [-0.2, -0.15) is 0 Å². The molecular formula is C17H21ClN2O5. The van der Waals surface area contributed by atoms with Crippen LogP contribution in [0.5, 0.6) is 0 Å². The number of nitrogens with one attached hydrogen (secondary N) is 1. The summed E-state index contributed by atoms with van der Waals surface area (Å²) in [5, 5.41) is 21.9. The number of anilines is 1. The van der Waals surface area contributed by atoms with Gasteiger partial charge in [0.05, 0.1) is 10.6 Å². The third kappa shape index (κ3) is 4.29. The summed E-state index contributed by atoms with van der Waals surface area (Å²) < 4.78 is 0. The average molecular weight is 369 g/mol. The van der Waals surface area contributed by atoms with Crippen molar-refractivity contribution in [1.82, 2.24) is 4.90 Å². The van der Waals surface area contributed by atoms with E-state index in [1.54, 1.807) is 19.9 Å². The number of halogens is 1. The lowest BCUT2D eigenvalue weighted by Gasteiger charge is -2.35. The number of piperidine rings is 1. The topological polar surface area (TPSA) is 107 Å². The molecule has 1 aliphatic rings. The van der Waals surface area contributed by atoms with Gasteiger partial charge in [-0.3, -0.25) is 9.59 Å². The van der Waals surface area contributed by atoms with E-state index in [1.165, 1.54) is 17.0 Å². The molecule has 2 rings (SSSR count). The summed E-state index contributed by atoms with van der Waals surface area (Å²) in [5.41, 5.74) is -1.11. The molecule has 1 saturated heterocycles. The highest BCUT2D eigenvalue weighted by atomic mass is 35.5. The molecule has 136 valence electrons. The number of likely N-dealkylation sites (tertiary alicyclic amines) is 1. The minimum atomic E-state index is -1.80. The van der Waals surface area contributed by atoms with E-state index in [1.807, 2.05) is 0 Å². The molecule has 0 atom stereocenters. The van der Waals surface area contributed by atoms with Crippen LogP contribution in [-0.2, 0) is 9.59 Å². The molecule has 7 nitrogen and oxygen atoms in total. The minimum Gasteiger partial charge on any atom is -0.479 e. The Hall–Kier alpha value is -2.12. The van der Waals surface area contributed by atoms with Crippen LogP contribution in [0.25, 0.3) is 0 Å². The largest absolute Gasteiger partial charge is 0.479 e. The average Bonchev–Trinajstić information content (AvgIpc) is 2.56. The molecule has 1 aromatic rings. The smallest absolute Gasteiger partial charge is 0.335 e. The summed E-state index contributed by atoms with van der Waals surface area (Å²) in [5.74, 6) is -2.02. The molecule has 0 aromatic heterocycles. The van der Waals surface area contributed by atoms with E-state index in [0.717, 1.165) is 0 Å². The first-order valence-corrected chi connectivity index (χ1v) is 8.37. The van der Waals surface area contributed by atoms with Crippen molar-refractivity contribution in [2.24, 2.45) is 5.92 Å². The van der Waals surface area contributed by atoms with Crippen molar-refractivity contribution in [2.45, 2.75) is 32.3 Å². The zero-order valence-corrected chi connectivity index (χ0v) is 14.8. The van der Waals surface area contributed by atoms with Gasteiger partial charge >= 0.3 is 5.97 Å². The van der Waals surface area contributed by atoms with Crippen LogP contribution in [-0.4, -0.2) is 51.6 Å². The Morgan fingerprint density at radius 1 is 1.24 bits per heavy atom. The molecule has 0 aliphatic carbocycles. The van der Waals surface area contributed by atoms with Crippen molar-refractivity contribution >= 4 is 35.1 Å². The normalized spacial score (nSPS) is 16.6. The number of benzene rings is 1. The number of carboxylic acids is 1. The van der Waals surface area contributed by atoms with E-state index in [2.05, 4.69) is 5.32 Å². The Morgan fingerprint density at radius 3 is 2.36 bits per heavy atom. The van der Waals surface area contributed by atoms with Crippen LogP contribution in [0.15, 0.2) is 18.2 Å². The fraction of sp³-hybridized carbons (Fsp3) is 0.471. The number of aliphatic carboxylic acids is 1. The Labute approximate surface area is 150 Å². The lowest BCUT2D eigenvalue weighted by molar-refractivity contribution is -0.162. The number of nitrogens with zero attached hydrogens (tertiary/aromatic N) is 1. The molecule has 2 amide bonds. The number of hydrogen-bond acceptors (Lipinski definition) is 4. The molecule has 25 heavy (non-hydrogen) atoms. The Kier molecular flexibility index (Phi) is 5.69. The summed E-state index contributed by atoms with van der Waals surface area (Å²) in [6.45, 7) is 3.74. The number of hydrogen-bond donors (Lipinski definition) is 3. The van der Waals surface area contributed by atoms with E-state index < -0.39 is 11.6 Å². The van der Waals surface area contributed by atoms with Gasteiger partial charge in [0.2, 0.25) is 5.91 Å². The van der Waals surface area contributed by atoms with Gasteiger partial charge in [0.25, 0.3) is 5.91 Å². The first-order chi connectivity index (χ1) is 11.6. The Morgan fingerprint density at radius 2 is 1.84 bits per heavy atom. The number of carbonyl (C=O) groups is 3. The lowest BCUT2D eigenvalue weighted by Crippen LogP contribution is -2.50. The van der Waals surface area contributed by atoms with Crippen molar-refractivity contribution in [3.05, 3.63) is 28.8 Å². The van der Waals surface area contributed by atoms with Crippen molar-refractivity contribution in [3.8, 4) is 0 Å². The van der Waals surface area contributed by atoms with Gasteiger partial charge in [0, 0.05) is 37.5 Å². The quantitative estimate of drug-likeness (QED) is 0.753. The van der Waals surface area contributed by atoms with Crippen LogP contribution in [0, 0.1) is 5.92 Å². The van der Waals surface area contributed by atoms with Crippen LogP contribution in [0.3, 0.4) is 0 Å². The third-order valence-corrected chi connectivity index (χ3v) is 4.59. The van der Waals surface area contributed by atoms with Crippen molar-refractivity contribution in [3.63, 3.8) is 0 Å². The fourth-order valence-corrected chi connectivity index (χ4v) is 2.72. The number of amides is 2. The van der Waals surface area contributed by atoms with Crippen LogP contribution in [0.4, 0.5) is 5.69 Å². The fourth-order valence-electron chi connectivity index (χ4n) is 2.52. The van der Waals surface area contributed by atoms with Gasteiger partial charge in [-0.25, -0.2) is 4.79 Å². The van der Waals surface area contributed by atoms with Crippen LogP contribution in [0.2, 0.25) is 5.02 Å². The van der Waals surface area contributed by atoms with Gasteiger partial charge < -0.3 is 20.4 Å². The van der Waals surface area contributed by atoms with E-state index in [-0.39, 0.29) is 54.2 Å². The number of carbonyl (C=O) groups excluding carboxylic acids is 2. The predicted molar refractivity (Wildman–Crippen MR) is 92.6 cm³/mol. The molecule has 3 N–H and O–H groups in total. The highest BCUT2D eigenvalue weighted by molar-refractivity contribution is 6.34. The molecule has 0 bridgehead atoms. The van der Waals surface area contributed by atoms with E-state index in [0.29, 0.717) is 5.69 Å². The molecule has 0 saturated carbocycles. The molecule has 1 aliphatic heterocycles. The Balaban J connectivity index is 2.14. The second kappa shape index (κ2) is 7.41. The van der Waals surface area contributed by atoms with E-state index in [4.69, 9.17) is 16.7 Å². The predicted octanol–water partition coefficient (Wildman–Crippen LogP) is 1.99. The highest BCUT2D eigenvalue weighted by Gasteiger charge is 2.40. The highest BCUT2D eigenvalue weighted by Crippen LogP contribution is 2.27. The molecule has 1 fully saturated rings.